The first-order valence-corrected chi connectivity index (χ1v) is 7.77. The Kier molecular flexibility index (Phi) is 7.40. The van der Waals surface area contributed by atoms with Gasteiger partial charge in [0.05, 0.1) is 13.2 Å². The van der Waals surface area contributed by atoms with Crippen molar-refractivity contribution in [2.75, 3.05) is 24.7 Å². The number of rotatable bonds is 9. The molecular formula is C13H23N3O2S. The fraction of sp³-hybridized carbons (Fsp3) is 0.692. The quantitative estimate of drug-likeness (QED) is 0.555. The lowest BCUT2D eigenvalue weighted by Gasteiger charge is -2.12. The maximum absolute atomic E-state index is 5.98. The van der Waals surface area contributed by atoms with Crippen LogP contribution in [0.5, 0.6) is 11.8 Å². The third kappa shape index (κ3) is 5.14. The van der Waals surface area contributed by atoms with E-state index in [2.05, 4.69) is 16.9 Å². The lowest BCUT2D eigenvalue weighted by atomic mass is 10.4. The molecule has 0 aliphatic carbocycles. The highest BCUT2D eigenvalue weighted by atomic mass is 32.2. The van der Waals surface area contributed by atoms with E-state index in [-0.39, 0.29) is 0 Å². The summed E-state index contributed by atoms with van der Waals surface area (Å²) in [5.41, 5.74) is 6.37. The topological polar surface area (TPSA) is 70.3 Å². The molecule has 0 aromatic carbocycles. The smallest absolute Gasteiger partial charge is 0.245 e. The van der Waals surface area contributed by atoms with Crippen molar-refractivity contribution in [2.45, 2.75) is 45.2 Å². The van der Waals surface area contributed by atoms with Crippen LogP contribution in [0.1, 0.15) is 40.0 Å². The molecule has 0 unspecified atom stereocenters. The van der Waals surface area contributed by atoms with Gasteiger partial charge < -0.3 is 15.2 Å². The molecule has 0 saturated heterocycles. The number of hydrogen-bond donors (Lipinski definition) is 1. The van der Waals surface area contributed by atoms with Gasteiger partial charge >= 0.3 is 0 Å². The van der Waals surface area contributed by atoms with Gasteiger partial charge in [0, 0.05) is 5.75 Å². The van der Waals surface area contributed by atoms with Crippen molar-refractivity contribution in [1.29, 1.82) is 0 Å². The second-order valence-electron chi connectivity index (χ2n) is 4.08. The van der Waals surface area contributed by atoms with E-state index >= 15 is 0 Å². The van der Waals surface area contributed by atoms with Crippen LogP contribution in [-0.2, 0) is 0 Å². The maximum Gasteiger partial charge on any atom is 0.245 e. The molecule has 0 spiro atoms. The molecule has 1 aromatic rings. The van der Waals surface area contributed by atoms with E-state index in [9.17, 15) is 0 Å². The Morgan fingerprint density at radius 1 is 0.947 bits per heavy atom. The molecule has 1 rings (SSSR count). The molecule has 0 fully saturated rings. The van der Waals surface area contributed by atoms with E-state index in [1.54, 1.807) is 11.8 Å². The third-order valence-corrected chi connectivity index (χ3v) is 3.23. The minimum absolute atomic E-state index is 0.391. The van der Waals surface area contributed by atoms with Gasteiger partial charge in [0.15, 0.2) is 10.8 Å². The predicted molar refractivity (Wildman–Crippen MR) is 79.0 cm³/mol. The fourth-order valence-corrected chi connectivity index (χ4v) is 1.97. The summed E-state index contributed by atoms with van der Waals surface area (Å²) in [5.74, 6) is 1.83. The first-order chi connectivity index (χ1) is 9.22. The molecule has 108 valence electrons. The Balaban J connectivity index is 2.92. The van der Waals surface area contributed by atoms with Crippen LogP contribution in [0.4, 0.5) is 5.69 Å². The molecule has 2 N–H and O–H groups in total. The Morgan fingerprint density at radius 2 is 1.47 bits per heavy atom. The van der Waals surface area contributed by atoms with Crippen molar-refractivity contribution in [3.63, 3.8) is 0 Å². The summed E-state index contributed by atoms with van der Waals surface area (Å²) >= 11 is 1.59. The number of nitrogens with zero attached hydrogens (tertiary/aromatic N) is 2. The van der Waals surface area contributed by atoms with E-state index < -0.39 is 0 Å². The Labute approximate surface area is 119 Å². The fourth-order valence-electron chi connectivity index (χ4n) is 1.29. The minimum atomic E-state index is 0.391. The normalized spacial score (nSPS) is 10.5. The molecule has 0 amide bonds. The Bertz CT molecular complexity index is 359. The monoisotopic (exact) mass is 285 g/mol. The number of aromatic nitrogens is 2. The maximum atomic E-state index is 5.98. The standard InChI is InChI=1S/C13H23N3O2S/c1-4-7-17-11-10(14)12(18-8-5-2)16-13(15-11)19-9-6-3/h4-9,14H2,1-3H3. The van der Waals surface area contributed by atoms with Crippen LogP contribution in [0.2, 0.25) is 0 Å². The molecule has 0 saturated carbocycles. The molecule has 19 heavy (non-hydrogen) atoms. The van der Waals surface area contributed by atoms with Gasteiger partial charge in [-0.2, -0.15) is 9.97 Å². The number of hydrogen-bond acceptors (Lipinski definition) is 6. The summed E-state index contributed by atoms with van der Waals surface area (Å²) in [5, 5.41) is 0.660. The molecule has 0 bridgehead atoms. The second kappa shape index (κ2) is 8.85. The molecule has 0 aliphatic rings. The van der Waals surface area contributed by atoms with Crippen molar-refractivity contribution in [3.8, 4) is 11.8 Å². The number of nitrogen functional groups attached to an aromatic ring is 1. The van der Waals surface area contributed by atoms with Gasteiger partial charge in [-0.15, -0.1) is 0 Å². The van der Waals surface area contributed by atoms with E-state index in [1.165, 1.54) is 0 Å². The second-order valence-corrected chi connectivity index (χ2v) is 5.14. The molecule has 0 aliphatic heterocycles. The van der Waals surface area contributed by atoms with Gasteiger partial charge in [0.25, 0.3) is 0 Å². The van der Waals surface area contributed by atoms with Gasteiger partial charge in [-0.3, -0.25) is 0 Å². The van der Waals surface area contributed by atoms with Crippen molar-refractivity contribution in [3.05, 3.63) is 0 Å². The van der Waals surface area contributed by atoms with E-state index in [1.807, 2.05) is 13.8 Å². The summed E-state index contributed by atoms with van der Waals surface area (Å²) < 4.78 is 11.1. The summed E-state index contributed by atoms with van der Waals surface area (Å²) in [4.78, 5) is 8.68. The number of ether oxygens (including phenoxy) is 2. The zero-order valence-corrected chi connectivity index (χ0v) is 12.8. The SMILES string of the molecule is CCCOc1nc(SCCC)nc(OCCC)c1N. The van der Waals surface area contributed by atoms with Crippen molar-refractivity contribution in [2.24, 2.45) is 0 Å². The number of nitrogens with two attached hydrogens (primary N) is 1. The van der Waals surface area contributed by atoms with Gasteiger partial charge in [-0.05, 0) is 19.3 Å². The molecule has 0 radical (unpaired) electrons. The summed E-state index contributed by atoms with van der Waals surface area (Å²) in [6.45, 7) is 7.38. The third-order valence-electron chi connectivity index (χ3n) is 2.18. The average molecular weight is 285 g/mol. The highest BCUT2D eigenvalue weighted by Crippen LogP contribution is 2.31. The van der Waals surface area contributed by atoms with Gasteiger partial charge in [0.1, 0.15) is 0 Å². The van der Waals surface area contributed by atoms with Crippen LogP contribution in [-0.4, -0.2) is 28.9 Å². The summed E-state index contributed by atoms with van der Waals surface area (Å²) in [7, 11) is 0. The van der Waals surface area contributed by atoms with E-state index in [0.29, 0.717) is 35.8 Å². The van der Waals surface area contributed by atoms with Gasteiger partial charge in [-0.1, -0.05) is 32.5 Å². The van der Waals surface area contributed by atoms with Crippen LogP contribution in [0, 0.1) is 0 Å². The molecular weight excluding hydrogens is 262 g/mol. The van der Waals surface area contributed by atoms with Crippen molar-refractivity contribution in [1.82, 2.24) is 9.97 Å². The Hall–Kier alpha value is -1.17. The Morgan fingerprint density at radius 3 is 1.89 bits per heavy atom. The summed E-state index contributed by atoms with van der Waals surface area (Å²) in [6.07, 6.45) is 2.88. The highest BCUT2D eigenvalue weighted by molar-refractivity contribution is 7.99. The summed E-state index contributed by atoms with van der Waals surface area (Å²) in [6, 6.07) is 0. The minimum Gasteiger partial charge on any atom is -0.476 e. The van der Waals surface area contributed by atoms with Crippen LogP contribution in [0.3, 0.4) is 0 Å². The van der Waals surface area contributed by atoms with Crippen molar-refractivity contribution < 1.29 is 9.47 Å². The molecule has 1 aromatic heterocycles. The highest BCUT2D eigenvalue weighted by Gasteiger charge is 2.14. The van der Waals surface area contributed by atoms with Gasteiger partial charge in [-0.25, -0.2) is 0 Å². The molecule has 0 atom stereocenters. The van der Waals surface area contributed by atoms with Crippen LogP contribution in [0.15, 0.2) is 5.16 Å². The van der Waals surface area contributed by atoms with Crippen LogP contribution >= 0.6 is 11.8 Å². The van der Waals surface area contributed by atoms with Crippen LogP contribution < -0.4 is 15.2 Å². The van der Waals surface area contributed by atoms with Crippen LogP contribution in [0.25, 0.3) is 0 Å². The zero-order chi connectivity index (χ0) is 14.1. The average Bonchev–Trinajstić information content (AvgIpc) is 2.43. The molecule has 5 nitrogen and oxygen atoms in total. The van der Waals surface area contributed by atoms with Gasteiger partial charge in [0.2, 0.25) is 11.8 Å². The van der Waals surface area contributed by atoms with E-state index in [0.717, 1.165) is 25.0 Å². The molecule has 1 heterocycles. The predicted octanol–water partition coefficient (Wildman–Crippen LogP) is 3.14. The zero-order valence-electron chi connectivity index (χ0n) is 11.9. The first kappa shape index (κ1) is 15.9. The lowest BCUT2D eigenvalue weighted by molar-refractivity contribution is 0.284. The molecule has 6 heteroatoms. The van der Waals surface area contributed by atoms with E-state index in [4.69, 9.17) is 15.2 Å². The number of thioether (sulfide) groups is 1. The first-order valence-electron chi connectivity index (χ1n) is 6.78. The largest absolute Gasteiger partial charge is 0.476 e. The number of anilines is 1. The lowest BCUT2D eigenvalue weighted by Crippen LogP contribution is -2.08. The van der Waals surface area contributed by atoms with Crippen molar-refractivity contribution >= 4 is 17.4 Å².